The fraction of sp³-hybridized carbons (Fsp3) is 0.930. The number of carbonyl (C=O) groups is 3. The van der Waals surface area contributed by atoms with Crippen LogP contribution in [0.2, 0.25) is 0 Å². The summed E-state index contributed by atoms with van der Waals surface area (Å²) in [5, 5.41) is 134. The Morgan fingerprint density at radius 1 is 0.662 bits per heavy atom. The van der Waals surface area contributed by atoms with Crippen molar-refractivity contribution in [2.24, 2.45) is 0 Å². The fourth-order valence-corrected chi connectivity index (χ4v) is 8.90. The lowest BCUT2D eigenvalue weighted by Gasteiger charge is -2.51. The summed E-state index contributed by atoms with van der Waals surface area (Å²) in [4.78, 5) is 37.9. The van der Waals surface area contributed by atoms with Crippen molar-refractivity contribution in [3.05, 3.63) is 0 Å². The molecule has 4 rings (SSSR count). The van der Waals surface area contributed by atoms with Crippen LogP contribution in [0.1, 0.15) is 98.3 Å². The molecule has 2 amide bonds. The molecule has 0 aromatic rings. The van der Waals surface area contributed by atoms with Gasteiger partial charge in [0.25, 0.3) is 5.79 Å². The molecule has 0 aromatic heterocycles. The second-order valence-corrected chi connectivity index (χ2v) is 18.1. The van der Waals surface area contributed by atoms with Crippen molar-refractivity contribution in [2.45, 2.75) is 227 Å². The predicted octanol–water partition coefficient (Wildman–Crippen LogP) is -4.28. The summed E-state index contributed by atoms with van der Waals surface area (Å²) in [5.41, 5.74) is 0. The monoisotopic (exact) mass is 988 g/mol. The van der Waals surface area contributed by atoms with Crippen LogP contribution in [-0.4, -0.2) is 234 Å². The van der Waals surface area contributed by atoms with Gasteiger partial charge in [0.1, 0.15) is 85.4 Å². The van der Waals surface area contributed by atoms with Crippen LogP contribution in [-0.2, 0) is 52.3 Å². The van der Waals surface area contributed by atoms with E-state index in [0.29, 0.717) is 6.42 Å². The summed E-state index contributed by atoms with van der Waals surface area (Å²) >= 11 is 0. The number of carboxylic acids is 1. The minimum absolute atomic E-state index is 0.113. The molecule has 4 aliphatic heterocycles. The Morgan fingerprint density at radius 3 is 1.76 bits per heavy atom. The number of aliphatic carboxylic acids is 1. The van der Waals surface area contributed by atoms with Gasteiger partial charge in [0.05, 0.1) is 38.1 Å². The number of nitrogens with one attached hydrogen (secondary N) is 2. The molecule has 0 aliphatic carbocycles. The van der Waals surface area contributed by atoms with Crippen molar-refractivity contribution in [2.75, 3.05) is 26.4 Å². The van der Waals surface area contributed by atoms with Crippen LogP contribution in [0.4, 0.5) is 0 Å². The molecule has 0 radical (unpaired) electrons. The summed E-state index contributed by atoms with van der Waals surface area (Å²) in [6.45, 7) is 2.89. The average Bonchev–Trinajstić information content (AvgIpc) is 3.29. The van der Waals surface area contributed by atoms with E-state index in [-0.39, 0.29) is 6.61 Å². The largest absolute Gasteiger partial charge is 0.477 e. The van der Waals surface area contributed by atoms with Gasteiger partial charge in [0.2, 0.25) is 11.8 Å². The zero-order chi connectivity index (χ0) is 50.5. The van der Waals surface area contributed by atoms with Crippen molar-refractivity contribution in [1.82, 2.24) is 10.6 Å². The van der Waals surface area contributed by atoms with Gasteiger partial charge in [-0.1, -0.05) is 64.7 Å². The van der Waals surface area contributed by atoms with Crippen molar-refractivity contribution in [1.29, 1.82) is 0 Å². The first-order chi connectivity index (χ1) is 32.2. The number of carboxylic acid groups (broad SMARTS) is 1. The highest BCUT2D eigenvalue weighted by molar-refractivity contribution is 5.76. The van der Waals surface area contributed by atoms with E-state index in [1.807, 2.05) is 0 Å². The molecule has 25 nitrogen and oxygen atoms in total. The zero-order valence-electron chi connectivity index (χ0n) is 39.0. The number of carbonyl (C=O) groups excluding carboxylic acids is 2. The first-order valence-electron chi connectivity index (χ1n) is 23.5. The molecule has 4 saturated heterocycles. The first kappa shape index (κ1) is 58.2. The number of ether oxygens (including phenoxy) is 8. The number of aliphatic hydroxyl groups excluding tert-OH is 11. The Hall–Kier alpha value is -2.35. The lowest BCUT2D eigenvalue weighted by atomic mass is 9.88. The van der Waals surface area contributed by atoms with E-state index < -0.39 is 172 Å². The van der Waals surface area contributed by atoms with Crippen molar-refractivity contribution >= 4 is 17.8 Å². The molecule has 14 N–H and O–H groups in total. The summed E-state index contributed by atoms with van der Waals surface area (Å²) in [6.07, 6.45) is -23.6. The molecule has 25 heteroatoms. The number of hydrogen-bond acceptors (Lipinski definition) is 22. The second-order valence-electron chi connectivity index (χ2n) is 18.1. The minimum Gasteiger partial charge on any atom is -0.477 e. The Labute approximate surface area is 394 Å². The molecule has 4 fully saturated rings. The van der Waals surface area contributed by atoms with Crippen molar-refractivity contribution in [3.8, 4) is 0 Å². The van der Waals surface area contributed by atoms with Gasteiger partial charge in [-0.2, -0.15) is 0 Å². The minimum atomic E-state index is -3.11. The quantitative estimate of drug-likeness (QED) is 0.0365. The molecule has 4 aliphatic rings. The Bertz CT molecular complexity index is 1540. The highest BCUT2D eigenvalue weighted by Gasteiger charge is 2.61. The van der Waals surface area contributed by atoms with Crippen LogP contribution in [0.5, 0.6) is 0 Å². The summed E-state index contributed by atoms with van der Waals surface area (Å²) in [7, 11) is 0. The van der Waals surface area contributed by atoms with Crippen molar-refractivity contribution in [3.63, 3.8) is 0 Å². The van der Waals surface area contributed by atoms with Crippen LogP contribution < -0.4 is 10.6 Å². The zero-order valence-corrected chi connectivity index (χ0v) is 39.0. The summed E-state index contributed by atoms with van der Waals surface area (Å²) in [6, 6.07) is -2.98. The van der Waals surface area contributed by atoms with Gasteiger partial charge < -0.3 is 110 Å². The standard InChI is InChI=1S/C43H76N2O23/c1-5-6-7-8-9-10-11-12-13-14-15-61-39-28(45-22(4)50)37(66-40-33(57)32(56)29(53)20(2)62-40)35(26(19-48)64-39)65-41-34(58)38(31(55)25(18-47)63-41)68-43(42(59)60)16-23(51)27(44-21(3)49)36(67-43)30(54)24(52)17-46/h20,23-41,46-48,51-58H,5-19H2,1-4H3,(H,44,49)(H,45,50)(H,59,60)/t20-,23-,24+,25+,26+,27+,28+,29+,30+,31-,32+,33-,34+,35+,36+,37+,38-,39+,40-,41-,43-/m0/s1. The van der Waals surface area contributed by atoms with E-state index in [4.69, 9.17) is 37.9 Å². The number of unbranched alkanes of at least 4 members (excludes halogenated alkanes) is 9. The molecular weight excluding hydrogens is 912 g/mol. The third kappa shape index (κ3) is 14.9. The maximum absolute atomic E-state index is 13.1. The van der Waals surface area contributed by atoms with E-state index in [2.05, 4.69) is 17.6 Å². The first-order valence-corrected chi connectivity index (χ1v) is 23.5. The maximum atomic E-state index is 13.1. The van der Waals surface area contributed by atoms with Gasteiger partial charge >= 0.3 is 5.97 Å². The molecule has 0 aromatic carbocycles. The van der Waals surface area contributed by atoms with Gasteiger partial charge in [-0.3, -0.25) is 9.59 Å². The molecule has 4 heterocycles. The third-order valence-corrected chi connectivity index (χ3v) is 12.7. The fourth-order valence-electron chi connectivity index (χ4n) is 8.90. The van der Waals surface area contributed by atoms with Crippen LogP contribution >= 0.6 is 0 Å². The van der Waals surface area contributed by atoms with Crippen LogP contribution in [0.3, 0.4) is 0 Å². The molecule has 0 bridgehead atoms. The van der Waals surface area contributed by atoms with E-state index in [0.717, 1.165) is 46.0 Å². The van der Waals surface area contributed by atoms with Crippen LogP contribution in [0.25, 0.3) is 0 Å². The van der Waals surface area contributed by atoms with E-state index in [1.165, 1.54) is 32.6 Å². The molecule has 396 valence electrons. The molecule has 0 unspecified atom stereocenters. The molecule has 68 heavy (non-hydrogen) atoms. The molecule has 0 spiro atoms. The van der Waals surface area contributed by atoms with Gasteiger partial charge in [-0.15, -0.1) is 0 Å². The highest BCUT2D eigenvalue weighted by Crippen LogP contribution is 2.39. The van der Waals surface area contributed by atoms with Crippen LogP contribution in [0, 0.1) is 0 Å². The highest BCUT2D eigenvalue weighted by atomic mass is 16.8. The summed E-state index contributed by atoms with van der Waals surface area (Å²) < 4.78 is 47.7. The molecule has 21 atom stereocenters. The third-order valence-electron chi connectivity index (χ3n) is 12.7. The molecule has 0 saturated carbocycles. The van der Waals surface area contributed by atoms with E-state index >= 15 is 0 Å². The lowest BCUT2D eigenvalue weighted by molar-refractivity contribution is -0.391. The average molecular weight is 989 g/mol. The number of amides is 2. The smallest absolute Gasteiger partial charge is 0.364 e. The van der Waals surface area contributed by atoms with Crippen molar-refractivity contribution < 1.29 is 114 Å². The normalized spacial score (nSPS) is 39.8. The van der Waals surface area contributed by atoms with Crippen LogP contribution in [0.15, 0.2) is 0 Å². The topological polar surface area (TPSA) is 392 Å². The number of rotatable bonds is 26. The van der Waals surface area contributed by atoms with Gasteiger partial charge in [-0.25, -0.2) is 4.79 Å². The predicted molar refractivity (Wildman–Crippen MR) is 228 cm³/mol. The maximum Gasteiger partial charge on any atom is 0.364 e. The van der Waals surface area contributed by atoms with Gasteiger partial charge in [0.15, 0.2) is 18.9 Å². The summed E-state index contributed by atoms with van der Waals surface area (Å²) in [5.74, 6) is -6.52. The van der Waals surface area contributed by atoms with E-state index in [9.17, 15) is 75.7 Å². The lowest BCUT2D eigenvalue weighted by Crippen LogP contribution is -2.71. The van der Waals surface area contributed by atoms with Gasteiger partial charge in [-0.05, 0) is 13.3 Å². The Balaban J connectivity index is 1.65. The Kier molecular flexibility index (Phi) is 23.5. The van der Waals surface area contributed by atoms with Gasteiger partial charge in [0, 0.05) is 26.9 Å². The SMILES string of the molecule is CCCCCCCCCCCCO[C@@H]1O[C@H](CO)[C@@H](O[C@@H]2O[C@H](CO)[C@H](O)[C@H](O[C@]3(C(=O)O)C[C@H](O)[C@@H](NC(C)=O)[C@H]([C@H](O)[C@H](O)CO)O3)[C@H]2O)[C@H](O[C@@H]2O[C@@H](C)[C@@H](O)[C@@H](O)[C@@H]2O)[C@H]1NC(C)=O. The molecular formula is C43H76N2O23. The second kappa shape index (κ2) is 27.5. The Morgan fingerprint density at radius 2 is 1.21 bits per heavy atom. The number of aliphatic hydroxyl groups is 11. The number of hydrogen-bond donors (Lipinski definition) is 14. The van der Waals surface area contributed by atoms with E-state index in [1.54, 1.807) is 0 Å².